The lowest BCUT2D eigenvalue weighted by atomic mass is 9.98. The number of likely N-dealkylation sites (tertiary alicyclic amines) is 1. The van der Waals surface area contributed by atoms with Gasteiger partial charge in [-0.05, 0) is 12.8 Å². The van der Waals surface area contributed by atoms with Crippen molar-refractivity contribution < 1.29 is 14.3 Å². The number of Topliss-reactive ketones (excluding diaryl/α,β-unsaturated/α-hetero) is 1. The van der Waals surface area contributed by atoms with Gasteiger partial charge in [0.15, 0.2) is 0 Å². The highest BCUT2D eigenvalue weighted by molar-refractivity contribution is 6.37. The first-order valence-corrected chi connectivity index (χ1v) is 6.21. The van der Waals surface area contributed by atoms with E-state index in [0.717, 1.165) is 12.8 Å². The van der Waals surface area contributed by atoms with Crippen molar-refractivity contribution in [2.75, 3.05) is 19.7 Å². The van der Waals surface area contributed by atoms with Crippen molar-refractivity contribution in [3.05, 3.63) is 0 Å². The van der Waals surface area contributed by atoms with Crippen LogP contribution in [0.25, 0.3) is 0 Å². The molecule has 0 spiro atoms. The van der Waals surface area contributed by atoms with E-state index in [4.69, 9.17) is 4.74 Å². The molecule has 2 aliphatic rings. The Kier molecular flexibility index (Phi) is 3.93. The van der Waals surface area contributed by atoms with E-state index in [-0.39, 0.29) is 11.7 Å². The van der Waals surface area contributed by atoms with Crippen LogP contribution in [-0.4, -0.2) is 42.4 Å². The second-order valence-electron chi connectivity index (χ2n) is 4.60. The van der Waals surface area contributed by atoms with Crippen LogP contribution in [0.4, 0.5) is 0 Å². The highest BCUT2D eigenvalue weighted by atomic mass is 16.5. The van der Waals surface area contributed by atoms with Crippen molar-refractivity contribution >= 4 is 11.7 Å². The van der Waals surface area contributed by atoms with Crippen LogP contribution >= 0.6 is 0 Å². The van der Waals surface area contributed by atoms with Gasteiger partial charge in [0, 0.05) is 19.5 Å². The lowest BCUT2D eigenvalue weighted by molar-refractivity contribution is -0.140. The molecule has 1 aliphatic heterocycles. The molecule has 4 nitrogen and oxygen atoms in total. The van der Waals surface area contributed by atoms with Crippen LogP contribution in [0.5, 0.6) is 0 Å². The fourth-order valence-corrected chi connectivity index (χ4v) is 2.40. The van der Waals surface area contributed by atoms with E-state index in [0.29, 0.717) is 32.2 Å². The maximum Gasteiger partial charge on any atom is 0.290 e. The van der Waals surface area contributed by atoms with E-state index in [1.807, 2.05) is 0 Å². The molecule has 0 N–H and O–H groups in total. The highest BCUT2D eigenvalue weighted by Crippen LogP contribution is 2.20. The quantitative estimate of drug-likeness (QED) is 0.674. The van der Waals surface area contributed by atoms with Gasteiger partial charge in [-0.25, -0.2) is 0 Å². The normalized spacial score (nSPS) is 23.1. The Morgan fingerprint density at radius 3 is 2.56 bits per heavy atom. The number of hydrogen-bond donors (Lipinski definition) is 0. The van der Waals surface area contributed by atoms with Gasteiger partial charge >= 0.3 is 0 Å². The molecule has 0 bridgehead atoms. The topological polar surface area (TPSA) is 46.6 Å². The van der Waals surface area contributed by atoms with Gasteiger partial charge in [-0.1, -0.05) is 19.3 Å². The second kappa shape index (κ2) is 5.43. The molecule has 0 unspecified atom stereocenters. The smallest absolute Gasteiger partial charge is 0.290 e. The third-order valence-corrected chi connectivity index (χ3v) is 3.40. The number of carbonyl (C=O) groups is 2. The molecule has 1 amide bonds. The van der Waals surface area contributed by atoms with Crippen LogP contribution in [0, 0.1) is 0 Å². The lowest BCUT2D eigenvalue weighted by Gasteiger charge is -2.23. The molecule has 0 radical (unpaired) electrons. The van der Waals surface area contributed by atoms with Crippen molar-refractivity contribution in [3.63, 3.8) is 0 Å². The van der Waals surface area contributed by atoms with Gasteiger partial charge in [-0.3, -0.25) is 9.59 Å². The van der Waals surface area contributed by atoms with Crippen LogP contribution in [0.1, 0.15) is 38.5 Å². The molecule has 1 heterocycles. The van der Waals surface area contributed by atoms with Crippen molar-refractivity contribution in [1.82, 2.24) is 4.90 Å². The maximum atomic E-state index is 11.3. The molecule has 2 fully saturated rings. The zero-order chi connectivity index (χ0) is 11.4. The first-order chi connectivity index (χ1) is 7.77. The minimum Gasteiger partial charge on any atom is -0.376 e. The number of hydrogen-bond acceptors (Lipinski definition) is 3. The fraction of sp³-hybridized carbons (Fsp3) is 0.833. The largest absolute Gasteiger partial charge is 0.376 e. The summed E-state index contributed by atoms with van der Waals surface area (Å²) in [6.45, 7) is 1.72. The Hall–Kier alpha value is -0.900. The average Bonchev–Trinajstić information content (AvgIpc) is 2.62. The summed E-state index contributed by atoms with van der Waals surface area (Å²) >= 11 is 0. The first-order valence-electron chi connectivity index (χ1n) is 6.21. The summed E-state index contributed by atoms with van der Waals surface area (Å²) in [4.78, 5) is 23.9. The molecule has 1 saturated heterocycles. The SMILES string of the molecule is O=C1CCN(CCOC2CCCCC2)C1=O. The molecule has 4 heteroatoms. The van der Waals surface area contributed by atoms with Crippen LogP contribution in [0.3, 0.4) is 0 Å². The molecule has 0 aromatic carbocycles. The summed E-state index contributed by atoms with van der Waals surface area (Å²) in [6.07, 6.45) is 6.88. The summed E-state index contributed by atoms with van der Waals surface area (Å²) in [6, 6.07) is 0. The van der Waals surface area contributed by atoms with Gasteiger partial charge < -0.3 is 9.64 Å². The monoisotopic (exact) mass is 225 g/mol. The zero-order valence-electron chi connectivity index (χ0n) is 9.61. The molecule has 2 rings (SSSR count). The summed E-state index contributed by atoms with van der Waals surface area (Å²) in [5.41, 5.74) is 0. The molecule has 0 aromatic rings. The summed E-state index contributed by atoms with van der Waals surface area (Å²) < 4.78 is 5.72. The maximum absolute atomic E-state index is 11.3. The Morgan fingerprint density at radius 1 is 1.19 bits per heavy atom. The number of nitrogens with zero attached hydrogens (tertiary/aromatic N) is 1. The van der Waals surface area contributed by atoms with Crippen LogP contribution in [-0.2, 0) is 14.3 Å². The van der Waals surface area contributed by atoms with E-state index >= 15 is 0 Å². The van der Waals surface area contributed by atoms with E-state index in [2.05, 4.69) is 0 Å². The second-order valence-corrected chi connectivity index (χ2v) is 4.60. The van der Waals surface area contributed by atoms with Crippen LogP contribution < -0.4 is 0 Å². The molecular weight excluding hydrogens is 206 g/mol. The van der Waals surface area contributed by atoms with E-state index in [9.17, 15) is 9.59 Å². The molecule has 16 heavy (non-hydrogen) atoms. The predicted molar refractivity (Wildman–Crippen MR) is 59.0 cm³/mol. The number of amides is 1. The molecular formula is C12H19NO3. The zero-order valence-corrected chi connectivity index (χ0v) is 9.61. The third-order valence-electron chi connectivity index (χ3n) is 3.40. The lowest BCUT2D eigenvalue weighted by Crippen LogP contribution is -2.32. The average molecular weight is 225 g/mol. The van der Waals surface area contributed by atoms with Crippen molar-refractivity contribution in [2.45, 2.75) is 44.6 Å². The summed E-state index contributed by atoms with van der Waals surface area (Å²) in [7, 11) is 0. The minimum atomic E-state index is -0.327. The summed E-state index contributed by atoms with van der Waals surface area (Å²) in [5.74, 6) is -0.579. The number of ketones is 1. The van der Waals surface area contributed by atoms with Crippen LogP contribution in [0.2, 0.25) is 0 Å². The summed E-state index contributed by atoms with van der Waals surface area (Å²) in [5, 5.41) is 0. The molecule has 0 aromatic heterocycles. The van der Waals surface area contributed by atoms with Crippen LogP contribution in [0.15, 0.2) is 0 Å². The molecule has 90 valence electrons. The highest BCUT2D eigenvalue weighted by Gasteiger charge is 2.28. The van der Waals surface area contributed by atoms with Gasteiger partial charge in [0.1, 0.15) is 0 Å². The van der Waals surface area contributed by atoms with Crippen molar-refractivity contribution in [2.24, 2.45) is 0 Å². The van der Waals surface area contributed by atoms with Gasteiger partial charge in [0.05, 0.1) is 12.7 Å². The minimum absolute atomic E-state index is 0.252. The third kappa shape index (κ3) is 2.82. The first kappa shape index (κ1) is 11.6. The molecule has 1 saturated carbocycles. The van der Waals surface area contributed by atoms with E-state index in [1.54, 1.807) is 4.90 Å². The predicted octanol–water partition coefficient (Wildman–Crippen LogP) is 1.14. The van der Waals surface area contributed by atoms with Gasteiger partial charge in [0.25, 0.3) is 5.91 Å². The Balaban J connectivity index is 1.64. The van der Waals surface area contributed by atoms with E-state index in [1.165, 1.54) is 19.3 Å². The van der Waals surface area contributed by atoms with Gasteiger partial charge in [0.2, 0.25) is 5.78 Å². The number of ether oxygens (including phenoxy) is 1. The Bertz CT molecular complexity index is 271. The standard InChI is InChI=1S/C12H19NO3/c14-11-6-7-13(12(11)15)8-9-16-10-4-2-1-3-5-10/h10H,1-9H2. The number of carbonyl (C=O) groups excluding carboxylic acids is 2. The van der Waals surface area contributed by atoms with Gasteiger partial charge in [-0.2, -0.15) is 0 Å². The van der Waals surface area contributed by atoms with Gasteiger partial charge in [-0.15, -0.1) is 0 Å². The Morgan fingerprint density at radius 2 is 1.94 bits per heavy atom. The fourth-order valence-electron chi connectivity index (χ4n) is 2.40. The molecule has 0 atom stereocenters. The van der Waals surface area contributed by atoms with Crippen molar-refractivity contribution in [3.8, 4) is 0 Å². The Labute approximate surface area is 95.9 Å². The van der Waals surface area contributed by atoms with E-state index < -0.39 is 0 Å². The van der Waals surface area contributed by atoms with Crippen molar-refractivity contribution in [1.29, 1.82) is 0 Å². The number of rotatable bonds is 4. The molecule has 1 aliphatic carbocycles.